The molecular formula is C15H25ClN2. The van der Waals surface area contributed by atoms with Gasteiger partial charge in [-0.25, -0.2) is 0 Å². The average molecular weight is 269 g/mol. The number of rotatable bonds is 6. The van der Waals surface area contributed by atoms with E-state index in [1.165, 1.54) is 0 Å². The van der Waals surface area contributed by atoms with Crippen molar-refractivity contribution in [2.45, 2.75) is 51.7 Å². The molecule has 3 heteroatoms. The largest absolute Gasteiger partial charge is 0.326 e. The van der Waals surface area contributed by atoms with Gasteiger partial charge in [0.2, 0.25) is 0 Å². The molecule has 0 aliphatic carbocycles. The van der Waals surface area contributed by atoms with Crippen molar-refractivity contribution in [1.82, 2.24) is 4.90 Å². The zero-order valence-electron chi connectivity index (χ0n) is 11.9. The Morgan fingerprint density at radius 1 is 1.22 bits per heavy atom. The van der Waals surface area contributed by atoms with Gasteiger partial charge in [0.1, 0.15) is 0 Å². The van der Waals surface area contributed by atoms with Gasteiger partial charge in [-0.2, -0.15) is 0 Å². The van der Waals surface area contributed by atoms with Crippen LogP contribution < -0.4 is 5.73 Å². The first-order chi connectivity index (χ1) is 8.52. The maximum absolute atomic E-state index is 6.33. The minimum atomic E-state index is 0.101. The minimum absolute atomic E-state index is 0.101. The molecule has 1 aromatic carbocycles. The molecule has 1 aromatic rings. The molecule has 0 aliphatic heterocycles. The van der Waals surface area contributed by atoms with Gasteiger partial charge in [0.15, 0.2) is 0 Å². The number of nitrogens with two attached hydrogens (primary N) is 1. The van der Waals surface area contributed by atoms with Crippen LogP contribution in [0.2, 0.25) is 5.02 Å². The lowest BCUT2D eigenvalue weighted by Crippen LogP contribution is -2.42. The maximum Gasteiger partial charge on any atom is 0.0513 e. The van der Waals surface area contributed by atoms with Crippen LogP contribution in [-0.2, 0) is 0 Å². The smallest absolute Gasteiger partial charge is 0.0513 e. The van der Waals surface area contributed by atoms with Crippen LogP contribution in [0.5, 0.6) is 0 Å². The van der Waals surface area contributed by atoms with E-state index in [1.807, 2.05) is 18.2 Å². The summed E-state index contributed by atoms with van der Waals surface area (Å²) in [6, 6.07) is 8.79. The normalized spacial score (nSPS) is 16.6. The summed E-state index contributed by atoms with van der Waals surface area (Å²) in [7, 11) is 2.14. The van der Waals surface area contributed by atoms with Gasteiger partial charge < -0.3 is 5.73 Å². The quantitative estimate of drug-likeness (QED) is 0.849. The van der Waals surface area contributed by atoms with Crippen LogP contribution in [-0.4, -0.2) is 24.0 Å². The minimum Gasteiger partial charge on any atom is -0.326 e. The van der Waals surface area contributed by atoms with E-state index in [9.17, 15) is 0 Å². The van der Waals surface area contributed by atoms with Gasteiger partial charge in [0.25, 0.3) is 0 Å². The molecule has 3 atom stereocenters. The van der Waals surface area contributed by atoms with Gasteiger partial charge >= 0.3 is 0 Å². The van der Waals surface area contributed by atoms with E-state index in [-0.39, 0.29) is 12.1 Å². The number of likely N-dealkylation sites (N-methyl/N-ethyl adjacent to an activating group) is 1. The third kappa shape index (κ3) is 3.47. The molecular weight excluding hydrogens is 244 g/mol. The highest BCUT2D eigenvalue weighted by Crippen LogP contribution is 2.31. The standard InChI is InChI=1S/C15H25ClN2/c1-5-11(3)18(4)15(14(17)6-2)12-9-7-8-10-13(12)16/h7-11,14-15H,5-6,17H2,1-4H3. The van der Waals surface area contributed by atoms with Crippen LogP contribution >= 0.6 is 11.6 Å². The molecule has 3 unspecified atom stereocenters. The van der Waals surface area contributed by atoms with E-state index in [1.54, 1.807) is 0 Å². The van der Waals surface area contributed by atoms with Crippen LogP contribution in [0.15, 0.2) is 24.3 Å². The summed E-state index contributed by atoms with van der Waals surface area (Å²) in [5.41, 5.74) is 7.45. The molecule has 2 nitrogen and oxygen atoms in total. The molecule has 1 rings (SSSR count). The third-order valence-electron chi connectivity index (χ3n) is 3.83. The van der Waals surface area contributed by atoms with E-state index in [4.69, 9.17) is 17.3 Å². The molecule has 0 aliphatic rings. The van der Waals surface area contributed by atoms with Crippen LogP contribution in [0.25, 0.3) is 0 Å². The van der Waals surface area contributed by atoms with Crippen molar-refractivity contribution in [2.75, 3.05) is 7.05 Å². The lowest BCUT2D eigenvalue weighted by Gasteiger charge is -2.37. The van der Waals surface area contributed by atoms with Crippen LogP contribution in [0.1, 0.15) is 45.2 Å². The Balaban J connectivity index is 3.10. The molecule has 0 aromatic heterocycles. The number of hydrogen-bond acceptors (Lipinski definition) is 2. The van der Waals surface area contributed by atoms with Crippen molar-refractivity contribution in [2.24, 2.45) is 5.73 Å². The third-order valence-corrected chi connectivity index (χ3v) is 4.17. The van der Waals surface area contributed by atoms with Crippen molar-refractivity contribution >= 4 is 11.6 Å². The first-order valence-electron chi connectivity index (χ1n) is 6.74. The fourth-order valence-electron chi connectivity index (χ4n) is 2.25. The number of halogens is 1. The molecule has 0 amide bonds. The lowest BCUT2D eigenvalue weighted by molar-refractivity contribution is 0.155. The zero-order chi connectivity index (χ0) is 13.7. The second-order valence-corrected chi connectivity index (χ2v) is 5.37. The second kappa shape index (κ2) is 7.13. The molecule has 0 heterocycles. The Morgan fingerprint density at radius 3 is 2.33 bits per heavy atom. The summed E-state index contributed by atoms with van der Waals surface area (Å²) in [6.07, 6.45) is 2.05. The fraction of sp³-hybridized carbons (Fsp3) is 0.600. The van der Waals surface area contributed by atoms with Gasteiger partial charge in [-0.1, -0.05) is 43.6 Å². The predicted molar refractivity (Wildman–Crippen MR) is 80.0 cm³/mol. The Morgan fingerprint density at radius 2 is 1.83 bits per heavy atom. The van der Waals surface area contributed by atoms with E-state index >= 15 is 0 Å². The van der Waals surface area contributed by atoms with Crippen molar-refractivity contribution in [3.63, 3.8) is 0 Å². The van der Waals surface area contributed by atoms with Crippen molar-refractivity contribution < 1.29 is 0 Å². The summed E-state index contributed by atoms with van der Waals surface area (Å²) in [6.45, 7) is 6.55. The van der Waals surface area contributed by atoms with E-state index < -0.39 is 0 Å². The summed E-state index contributed by atoms with van der Waals surface area (Å²) < 4.78 is 0. The molecule has 0 fully saturated rings. The summed E-state index contributed by atoms with van der Waals surface area (Å²) >= 11 is 6.33. The van der Waals surface area contributed by atoms with E-state index in [0.717, 1.165) is 23.4 Å². The summed E-state index contributed by atoms with van der Waals surface area (Å²) in [5, 5.41) is 0.807. The Kier molecular flexibility index (Phi) is 6.13. The predicted octanol–water partition coefficient (Wildman–Crippen LogP) is 3.85. The molecule has 0 spiro atoms. The van der Waals surface area contributed by atoms with Gasteiger partial charge in [0, 0.05) is 17.1 Å². The maximum atomic E-state index is 6.33. The highest BCUT2D eigenvalue weighted by Gasteiger charge is 2.27. The Hall–Kier alpha value is -0.570. The highest BCUT2D eigenvalue weighted by molar-refractivity contribution is 6.31. The van der Waals surface area contributed by atoms with Gasteiger partial charge in [0.05, 0.1) is 6.04 Å². The number of hydrogen-bond donors (Lipinski definition) is 1. The fourth-order valence-corrected chi connectivity index (χ4v) is 2.50. The molecule has 18 heavy (non-hydrogen) atoms. The van der Waals surface area contributed by atoms with E-state index in [0.29, 0.717) is 6.04 Å². The van der Waals surface area contributed by atoms with Gasteiger partial charge in [-0.05, 0) is 38.4 Å². The van der Waals surface area contributed by atoms with Crippen molar-refractivity contribution in [1.29, 1.82) is 0 Å². The molecule has 0 radical (unpaired) electrons. The Labute approximate surface area is 116 Å². The van der Waals surface area contributed by atoms with Crippen molar-refractivity contribution in [3.8, 4) is 0 Å². The monoisotopic (exact) mass is 268 g/mol. The molecule has 102 valence electrons. The van der Waals surface area contributed by atoms with Crippen molar-refractivity contribution in [3.05, 3.63) is 34.9 Å². The second-order valence-electron chi connectivity index (χ2n) is 4.96. The Bertz CT molecular complexity index is 367. The zero-order valence-corrected chi connectivity index (χ0v) is 12.6. The molecule has 0 saturated carbocycles. The number of benzene rings is 1. The highest BCUT2D eigenvalue weighted by atomic mass is 35.5. The topological polar surface area (TPSA) is 29.3 Å². The van der Waals surface area contributed by atoms with Crippen LogP contribution in [0.4, 0.5) is 0 Å². The van der Waals surface area contributed by atoms with Gasteiger partial charge in [-0.15, -0.1) is 0 Å². The first-order valence-corrected chi connectivity index (χ1v) is 7.12. The van der Waals surface area contributed by atoms with E-state index in [2.05, 4.69) is 38.8 Å². The first kappa shape index (κ1) is 15.5. The molecule has 0 bridgehead atoms. The molecule has 2 N–H and O–H groups in total. The van der Waals surface area contributed by atoms with Gasteiger partial charge in [-0.3, -0.25) is 4.90 Å². The molecule has 0 saturated heterocycles. The summed E-state index contributed by atoms with van der Waals surface area (Å²) in [5.74, 6) is 0. The lowest BCUT2D eigenvalue weighted by atomic mass is 9.95. The van der Waals surface area contributed by atoms with Crippen LogP contribution in [0.3, 0.4) is 0 Å². The summed E-state index contributed by atoms with van der Waals surface area (Å²) in [4.78, 5) is 2.34. The number of nitrogens with zero attached hydrogens (tertiary/aromatic N) is 1. The average Bonchev–Trinajstić information content (AvgIpc) is 2.39. The van der Waals surface area contributed by atoms with Crippen LogP contribution in [0, 0.1) is 0 Å². The SMILES string of the molecule is CCC(N)C(c1ccccc1Cl)N(C)C(C)CC.